The lowest BCUT2D eigenvalue weighted by Gasteiger charge is -2.18. The number of ether oxygens (including phenoxy) is 1. The summed E-state index contributed by atoms with van der Waals surface area (Å²) < 4.78 is 7.85. The summed E-state index contributed by atoms with van der Waals surface area (Å²) >= 11 is 7.03. The summed E-state index contributed by atoms with van der Waals surface area (Å²) in [6.07, 6.45) is 2.28. The molecule has 1 rings (SSSR count). The summed E-state index contributed by atoms with van der Waals surface area (Å²) in [5.74, 6) is 0.867. The molecule has 90 valence electrons. The molecule has 0 unspecified atom stereocenters. The number of hydrogen-bond acceptors (Lipinski definition) is 2. The third kappa shape index (κ3) is 3.47. The van der Waals surface area contributed by atoms with Crippen molar-refractivity contribution >= 4 is 31.9 Å². The second-order valence-corrected chi connectivity index (χ2v) is 5.36. The van der Waals surface area contributed by atoms with Gasteiger partial charge >= 0.3 is 0 Å². The quantitative estimate of drug-likeness (QED) is 0.862. The molecule has 0 bridgehead atoms. The number of hydrogen-bond donors (Lipinski definition) is 1. The minimum atomic E-state index is 0.260. The van der Waals surface area contributed by atoms with E-state index in [4.69, 9.17) is 10.5 Å². The fourth-order valence-electron chi connectivity index (χ4n) is 1.46. The van der Waals surface area contributed by atoms with E-state index in [0.29, 0.717) is 6.54 Å². The Balaban J connectivity index is 2.95. The van der Waals surface area contributed by atoms with E-state index in [9.17, 15) is 0 Å². The lowest BCUT2D eigenvalue weighted by atomic mass is 10.2. The van der Waals surface area contributed by atoms with E-state index >= 15 is 0 Å². The number of halogens is 2. The highest BCUT2D eigenvalue weighted by Gasteiger charge is 2.12. The second-order valence-electron chi connectivity index (χ2n) is 3.65. The molecule has 1 aromatic carbocycles. The number of rotatable bonds is 5. The van der Waals surface area contributed by atoms with Gasteiger partial charge in [-0.05, 0) is 62.4 Å². The highest BCUT2D eigenvalue weighted by molar-refractivity contribution is 9.11. The molecule has 1 aromatic rings. The highest BCUT2D eigenvalue weighted by atomic mass is 79.9. The molecule has 0 heterocycles. The Morgan fingerprint density at radius 1 is 1.19 bits per heavy atom. The van der Waals surface area contributed by atoms with E-state index < -0.39 is 0 Å². The molecular weight excluding hydrogens is 334 g/mol. The number of nitrogens with two attached hydrogens (primary N) is 1. The van der Waals surface area contributed by atoms with Crippen molar-refractivity contribution < 1.29 is 4.74 Å². The van der Waals surface area contributed by atoms with Crippen LogP contribution >= 0.6 is 31.9 Å². The summed E-state index contributed by atoms with van der Waals surface area (Å²) in [5, 5.41) is 0. The topological polar surface area (TPSA) is 35.2 Å². The third-order valence-electron chi connectivity index (χ3n) is 2.49. The maximum absolute atomic E-state index is 5.94. The van der Waals surface area contributed by atoms with Gasteiger partial charge in [-0.3, -0.25) is 0 Å². The molecule has 0 atom stereocenters. The molecule has 0 saturated heterocycles. The van der Waals surface area contributed by atoms with Crippen molar-refractivity contribution in [3.05, 3.63) is 26.6 Å². The lowest BCUT2D eigenvalue weighted by molar-refractivity contribution is 0.190. The monoisotopic (exact) mass is 349 g/mol. The fourth-order valence-corrected chi connectivity index (χ4v) is 2.93. The highest BCUT2D eigenvalue weighted by Crippen LogP contribution is 2.35. The molecule has 0 amide bonds. The normalized spacial score (nSPS) is 10.9. The SMILES string of the molecule is CCC(CC)Oc1c(Br)cc(CN)cc1Br. The van der Waals surface area contributed by atoms with Crippen molar-refractivity contribution in [3.63, 3.8) is 0 Å². The van der Waals surface area contributed by atoms with Gasteiger partial charge in [-0.25, -0.2) is 0 Å². The molecule has 0 aliphatic rings. The van der Waals surface area contributed by atoms with Crippen LogP contribution in [-0.2, 0) is 6.54 Å². The first-order valence-corrected chi connectivity index (χ1v) is 7.05. The van der Waals surface area contributed by atoms with Crippen LogP contribution in [0.15, 0.2) is 21.1 Å². The second kappa shape index (κ2) is 6.62. The van der Waals surface area contributed by atoms with Gasteiger partial charge in [0.25, 0.3) is 0 Å². The third-order valence-corrected chi connectivity index (χ3v) is 3.67. The maximum Gasteiger partial charge on any atom is 0.148 e. The molecule has 0 spiro atoms. The fraction of sp³-hybridized carbons (Fsp3) is 0.500. The van der Waals surface area contributed by atoms with Crippen molar-refractivity contribution in [3.8, 4) is 5.75 Å². The van der Waals surface area contributed by atoms with Crippen LogP contribution in [-0.4, -0.2) is 6.10 Å². The summed E-state index contributed by atoms with van der Waals surface area (Å²) in [4.78, 5) is 0. The minimum absolute atomic E-state index is 0.260. The Morgan fingerprint density at radius 3 is 2.06 bits per heavy atom. The van der Waals surface area contributed by atoms with Crippen molar-refractivity contribution in [1.82, 2.24) is 0 Å². The van der Waals surface area contributed by atoms with Gasteiger partial charge in [0.2, 0.25) is 0 Å². The van der Waals surface area contributed by atoms with Gasteiger partial charge in [0.05, 0.1) is 15.0 Å². The summed E-state index contributed by atoms with van der Waals surface area (Å²) in [6, 6.07) is 4.00. The van der Waals surface area contributed by atoms with Gasteiger partial charge in [-0.1, -0.05) is 13.8 Å². The first-order chi connectivity index (χ1) is 7.62. The van der Waals surface area contributed by atoms with Gasteiger partial charge in [0.1, 0.15) is 5.75 Å². The average molecular weight is 351 g/mol. The van der Waals surface area contributed by atoms with Crippen LogP contribution in [0.2, 0.25) is 0 Å². The van der Waals surface area contributed by atoms with E-state index in [0.717, 1.165) is 33.1 Å². The van der Waals surface area contributed by atoms with Gasteiger partial charge in [-0.2, -0.15) is 0 Å². The van der Waals surface area contributed by atoms with Gasteiger partial charge < -0.3 is 10.5 Å². The molecule has 0 radical (unpaired) electrons. The zero-order chi connectivity index (χ0) is 12.1. The smallest absolute Gasteiger partial charge is 0.148 e. The van der Waals surface area contributed by atoms with Crippen LogP contribution in [0.3, 0.4) is 0 Å². The first-order valence-electron chi connectivity index (χ1n) is 5.47. The van der Waals surface area contributed by atoms with E-state index in [2.05, 4.69) is 45.7 Å². The van der Waals surface area contributed by atoms with Crippen molar-refractivity contribution in [2.45, 2.75) is 39.3 Å². The Bertz CT molecular complexity index is 328. The van der Waals surface area contributed by atoms with Crippen molar-refractivity contribution in [1.29, 1.82) is 0 Å². The molecule has 0 aliphatic heterocycles. The zero-order valence-corrected chi connectivity index (χ0v) is 12.8. The standard InChI is InChI=1S/C12H17Br2NO/c1-3-9(4-2)16-12-10(13)5-8(7-15)6-11(12)14/h5-6,9H,3-4,7,15H2,1-2H3. The molecule has 16 heavy (non-hydrogen) atoms. The van der Waals surface area contributed by atoms with Crippen LogP contribution in [0.5, 0.6) is 5.75 Å². The Hall–Kier alpha value is -0.0600. The van der Waals surface area contributed by atoms with E-state index in [-0.39, 0.29) is 6.10 Å². The van der Waals surface area contributed by atoms with Crippen LogP contribution < -0.4 is 10.5 Å². The molecule has 0 saturated carbocycles. The predicted octanol–water partition coefficient (Wildman–Crippen LogP) is 4.24. The predicted molar refractivity (Wildman–Crippen MR) is 74.7 cm³/mol. The van der Waals surface area contributed by atoms with Gasteiger partial charge in [0.15, 0.2) is 0 Å². The van der Waals surface area contributed by atoms with Crippen molar-refractivity contribution in [2.24, 2.45) is 5.73 Å². The largest absolute Gasteiger partial charge is 0.488 e. The lowest BCUT2D eigenvalue weighted by Crippen LogP contribution is -2.14. The summed E-state index contributed by atoms with van der Waals surface area (Å²) in [5.41, 5.74) is 6.69. The molecule has 0 aromatic heterocycles. The number of benzene rings is 1. The first kappa shape index (κ1) is 14.0. The van der Waals surface area contributed by atoms with Crippen LogP contribution in [0, 0.1) is 0 Å². The van der Waals surface area contributed by atoms with E-state index in [1.165, 1.54) is 0 Å². The van der Waals surface area contributed by atoms with Crippen molar-refractivity contribution in [2.75, 3.05) is 0 Å². The molecule has 0 aliphatic carbocycles. The van der Waals surface area contributed by atoms with E-state index in [1.54, 1.807) is 0 Å². The minimum Gasteiger partial charge on any atom is -0.488 e. The van der Waals surface area contributed by atoms with Gasteiger partial charge in [-0.15, -0.1) is 0 Å². The molecule has 0 fully saturated rings. The Morgan fingerprint density at radius 2 is 1.69 bits per heavy atom. The Kier molecular flexibility index (Phi) is 5.79. The molecular formula is C12H17Br2NO. The van der Waals surface area contributed by atoms with Crippen LogP contribution in [0.4, 0.5) is 0 Å². The molecule has 2 N–H and O–H groups in total. The zero-order valence-electron chi connectivity index (χ0n) is 9.59. The van der Waals surface area contributed by atoms with E-state index in [1.807, 2.05) is 12.1 Å². The van der Waals surface area contributed by atoms with Crippen LogP contribution in [0.1, 0.15) is 32.3 Å². The summed E-state index contributed by atoms with van der Waals surface area (Å²) in [7, 11) is 0. The average Bonchev–Trinajstić information content (AvgIpc) is 2.28. The molecule has 2 nitrogen and oxygen atoms in total. The van der Waals surface area contributed by atoms with Gasteiger partial charge in [0, 0.05) is 6.54 Å². The maximum atomic E-state index is 5.94. The molecule has 4 heteroatoms. The summed E-state index contributed by atoms with van der Waals surface area (Å²) in [6.45, 7) is 4.79. The van der Waals surface area contributed by atoms with Crippen LogP contribution in [0.25, 0.3) is 0 Å². The Labute approximate surface area is 114 Å².